The van der Waals surface area contributed by atoms with E-state index in [1.807, 2.05) is 4.98 Å². The topological polar surface area (TPSA) is 66.0 Å². The predicted octanol–water partition coefficient (Wildman–Crippen LogP) is 3.45. The summed E-state index contributed by atoms with van der Waals surface area (Å²) in [5, 5.41) is 9.27. The first-order valence-electron chi connectivity index (χ1n) is 4.95. The van der Waals surface area contributed by atoms with Crippen LogP contribution < -0.4 is 0 Å². The van der Waals surface area contributed by atoms with Crippen LogP contribution in [0.5, 0.6) is 0 Å². The maximum Gasteiger partial charge on any atom is 0.449 e. The van der Waals surface area contributed by atoms with Crippen molar-refractivity contribution in [3.63, 3.8) is 0 Å². The van der Waals surface area contributed by atoms with Crippen molar-refractivity contribution in [2.24, 2.45) is 0 Å². The van der Waals surface area contributed by atoms with E-state index in [9.17, 15) is 18.0 Å². The molecule has 4 nitrogen and oxygen atoms in total. The number of hydrogen-bond acceptors (Lipinski definition) is 2. The molecule has 1 aromatic carbocycles. The van der Waals surface area contributed by atoms with E-state index < -0.39 is 23.7 Å². The van der Waals surface area contributed by atoms with Crippen LogP contribution >= 0.6 is 11.6 Å². The monoisotopic (exact) mass is 290 g/mol. The molecule has 0 unspecified atom stereocenters. The average Bonchev–Trinajstić information content (AvgIpc) is 2.74. The summed E-state index contributed by atoms with van der Waals surface area (Å²) in [4.78, 5) is 16.0. The molecule has 0 bridgehead atoms. The van der Waals surface area contributed by atoms with Crippen LogP contribution in [0.25, 0.3) is 11.3 Å². The van der Waals surface area contributed by atoms with Crippen LogP contribution in [0.15, 0.2) is 24.3 Å². The van der Waals surface area contributed by atoms with E-state index in [2.05, 4.69) is 4.98 Å². The summed E-state index contributed by atoms with van der Waals surface area (Å²) in [6.45, 7) is 0. The van der Waals surface area contributed by atoms with E-state index in [1.54, 1.807) is 0 Å². The van der Waals surface area contributed by atoms with Gasteiger partial charge in [-0.1, -0.05) is 23.7 Å². The number of imidazole rings is 1. The molecule has 0 aliphatic heterocycles. The Bertz CT molecular complexity index is 620. The minimum absolute atomic E-state index is 0.212. The molecule has 19 heavy (non-hydrogen) atoms. The second-order valence-corrected chi connectivity index (χ2v) is 4.06. The number of H-pyrrole nitrogens is 1. The summed E-state index contributed by atoms with van der Waals surface area (Å²) < 4.78 is 37.6. The van der Waals surface area contributed by atoms with Gasteiger partial charge in [0.05, 0.1) is 5.69 Å². The molecule has 0 amide bonds. The molecule has 1 aromatic heterocycles. The van der Waals surface area contributed by atoms with Gasteiger partial charge in [-0.3, -0.25) is 0 Å². The number of aromatic nitrogens is 2. The van der Waals surface area contributed by atoms with Crippen molar-refractivity contribution in [2.45, 2.75) is 6.18 Å². The van der Waals surface area contributed by atoms with E-state index >= 15 is 0 Å². The van der Waals surface area contributed by atoms with Crippen molar-refractivity contribution in [3.05, 3.63) is 40.8 Å². The van der Waals surface area contributed by atoms with E-state index in [1.165, 1.54) is 24.3 Å². The Labute approximate surface area is 109 Å². The number of hydrogen-bond donors (Lipinski definition) is 2. The van der Waals surface area contributed by atoms with E-state index in [4.69, 9.17) is 16.7 Å². The first-order valence-corrected chi connectivity index (χ1v) is 5.33. The number of halogens is 4. The van der Waals surface area contributed by atoms with Crippen molar-refractivity contribution >= 4 is 17.6 Å². The Morgan fingerprint density at radius 2 is 1.84 bits per heavy atom. The van der Waals surface area contributed by atoms with Crippen LogP contribution in [-0.4, -0.2) is 21.0 Å². The number of carboxylic acid groups (broad SMARTS) is 1. The van der Waals surface area contributed by atoms with Gasteiger partial charge in [0.15, 0.2) is 5.69 Å². The van der Waals surface area contributed by atoms with Gasteiger partial charge in [-0.15, -0.1) is 0 Å². The third-order valence-electron chi connectivity index (χ3n) is 2.31. The molecular weight excluding hydrogens is 285 g/mol. The fourth-order valence-corrected chi connectivity index (χ4v) is 1.61. The van der Waals surface area contributed by atoms with Crippen molar-refractivity contribution in [3.8, 4) is 11.3 Å². The third-order valence-corrected chi connectivity index (χ3v) is 2.56. The quantitative estimate of drug-likeness (QED) is 0.890. The lowest BCUT2D eigenvalue weighted by Crippen LogP contribution is -2.08. The first-order chi connectivity index (χ1) is 8.79. The number of benzene rings is 1. The van der Waals surface area contributed by atoms with Crippen LogP contribution in [0.4, 0.5) is 13.2 Å². The largest absolute Gasteiger partial charge is 0.476 e. The lowest BCUT2D eigenvalue weighted by molar-refractivity contribution is -0.144. The summed E-state index contributed by atoms with van der Waals surface area (Å²) in [5.74, 6) is -2.90. The Balaban J connectivity index is 2.58. The van der Waals surface area contributed by atoms with Gasteiger partial charge in [-0.25, -0.2) is 9.78 Å². The number of nitrogens with zero attached hydrogens (tertiary/aromatic N) is 1. The lowest BCUT2D eigenvalue weighted by atomic mass is 10.1. The fraction of sp³-hybridized carbons (Fsp3) is 0.0909. The molecule has 0 saturated heterocycles. The Morgan fingerprint density at radius 3 is 2.32 bits per heavy atom. The lowest BCUT2D eigenvalue weighted by Gasteiger charge is -2.01. The molecule has 0 aliphatic rings. The normalized spacial score (nSPS) is 11.6. The second kappa shape index (κ2) is 4.58. The number of carboxylic acids is 1. The fourth-order valence-electron chi connectivity index (χ4n) is 1.49. The van der Waals surface area contributed by atoms with Gasteiger partial charge in [0.2, 0.25) is 5.82 Å². The molecule has 100 valence electrons. The first kappa shape index (κ1) is 13.4. The van der Waals surface area contributed by atoms with E-state index in [0.29, 0.717) is 5.02 Å². The zero-order chi connectivity index (χ0) is 14.2. The van der Waals surface area contributed by atoms with Crippen LogP contribution in [0.1, 0.15) is 16.3 Å². The van der Waals surface area contributed by atoms with Gasteiger partial charge < -0.3 is 10.1 Å². The van der Waals surface area contributed by atoms with Gasteiger partial charge in [-0.2, -0.15) is 13.2 Å². The number of alkyl halides is 3. The van der Waals surface area contributed by atoms with Gasteiger partial charge in [0, 0.05) is 10.6 Å². The maximum absolute atomic E-state index is 12.5. The van der Waals surface area contributed by atoms with Crippen LogP contribution in [0, 0.1) is 0 Å². The van der Waals surface area contributed by atoms with Gasteiger partial charge in [0.25, 0.3) is 0 Å². The zero-order valence-electron chi connectivity index (χ0n) is 9.12. The molecule has 1 heterocycles. The molecule has 0 spiro atoms. The number of rotatable bonds is 2. The predicted molar refractivity (Wildman–Crippen MR) is 61.0 cm³/mol. The highest BCUT2D eigenvalue weighted by Crippen LogP contribution is 2.31. The summed E-state index contributed by atoms with van der Waals surface area (Å²) in [5.41, 5.74) is -0.643. The Hall–Kier alpha value is -2.02. The Kier molecular flexibility index (Phi) is 3.23. The van der Waals surface area contributed by atoms with Crippen molar-refractivity contribution < 1.29 is 23.1 Å². The summed E-state index contributed by atoms with van der Waals surface area (Å²) in [6.07, 6.45) is -4.74. The summed E-state index contributed by atoms with van der Waals surface area (Å²) in [7, 11) is 0. The van der Waals surface area contributed by atoms with Crippen LogP contribution in [0.3, 0.4) is 0 Å². The average molecular weight is 291 g/mol. The smallest absolute Gasteiger partial charge is 0.449 e. The Morgan fingerprint density at radius 1 is 1.26 bits per heavy atom. The maximum atomic E-state index is 12.5. The number of nitrogens with one attached hydrogen (secondary N) is 1. The highest BCUT2D eigenvalue weighted by molar-refractivity contribution is 6.30. The van der Waals surface area contributed by atoms with Crippen LogP contribution in [-0.2, 0) is 6.18 Å². The van der Waals surface area contributed by atoms with Crippen molar-refractivity contribution in [2.75, 3.05) is 0 Å². The van der Waals surface area contributed by atoms with Crippen LogP contribution in [0.2, 0.25) is 5.02 Å². The molecule has 2 aromatic rings. The number of carbonyl (C=O) groups is 1. The number of aromatic amines is 1. The zero-order valence-corrected chi connectivity index (χ0v) is 9.88. The van der Waals surface area contributed by atoms with E-state index in [0.717, 1.165) is 0 Å². The molecule has 0 atom stereocenters. The third kappa shape index (κ3) is 2.70. The molecule has 2 N–H and O–H groups in total. The minimum Gasteiger partial charge on any atom is -0.476 e. The molecule has 0 aliphatic carbocycles. The summed E-state index contributed by atoms with van der Waals surface area (Å²) in [6, 6.07) is 5.69. The highest BCUT2D eigenvalue weighted by atomic mass is 35.5. The standard InChI is InChI=1S/C11H6ClF3N2O2/c12-6-3-1-5(2-4-6)7-8(9(18)19)17-10(16-7)11(13,14)15/h1-4H,(H,16,17)(H,18,19). The molecule has 0 saturated carbocycles. The molecule has 2 rings (SSSR count). The van der Waals surface area contributed by atoms with Gasteiger partial charge in [-0.05, 0) is 12.1 Å². The minimum atomic E-state index is -4.74. The van der Waals surface area contributed by atoms with E-state index in [-0.39, 0.29) is 11.3 Å². The van der Waals surface area contributed by atoms with Crippen molar-refractivity contribution in [1.82, 2.24) is 9.97 Å². The molecule has 0 radical (unpaired) electrons. The van der Waals surface area contributed by atoms with Gasteiger partial charge in [0.1, 0.15) is 0 Å². The summed E-state index contributed by atoms with van der Waals surface area (Å²) >= 11 is 5.66. The van der Waals surface area contributed by atoms with Gasteiger partial charge >= 0.3 is 12.1 Å². The van der Waals surface area contributed by atoms with Crippen molar-refractivity contribution in [1.29, 1.82) is 0 Å². The molecular formula is C11H6ClF3N2O2. The SMILES string of the molecule is O=C(O)c1nc(C(F)(F)F)[nH]c1-c1ccc(Cl)cc1. The molecule has 8 heteroatoms. The second-order valence-electron chi connectivity index (χ2n) is 3.62. The highest BCUT2D eigenvalue weighted by Gasteiger charge is 2.37. The molecule has 0 fully saturated rings. The number of aromatic carboxylic acids is 1.